The summed E-state index contributed by atoms with van der Waals surface area (Å²) >= 11 is 0. The van der Waals surface area contributed by atoms with Crippen molar-refractivity contribution >= 4 is 20.1 Å². The van der Waals surface area contributed by atoms with Crippen LogP contribution in [0.3, 0.4) is 0 Å². The number of allylic oxidation sites excluding steroid dienone is 1. The zero-order valence-corrected chi connectivity index (χ0v) is 8.16. The number of hydrogen-bond acceptors (Lipinski definition) is 2. The van der Waals surface area contributed by atoms with E-state index in [9.17, 15) is 0 Å². The van der Waals surface area contributed by atoms with Crippen LogP contribution in [0.5, 0.6) is 5.75 Å². The van der Waals surface area contributed by atoms with E-state index in [2.05, 4.69) is 0 Å². The first-order chi connectivity index (χ1) is 6.83. The van der Waals surface area contributed by atoms with E-state index >= 15 is 0 Å². The molecule has 0 saturated heterocycles. The lowest BCUT2D eigenvalue weighted by Crippen LogP contribution is -1.95. The van der Waals surface area contributed by atoms with Gasteiger partial charge in [0, 0.05) is 6.21 Å². The quantitative estimate of drug-likeness (QED) is 0.564. The number of benzene rings is 1. The minimum Gasteiger partial charge on any atom is -0.496 e. The third kappa shape index (κ3) is 2.25. The van der Waals surface area contributed by atoms with Crippen LogP contribution in [0.2, 0.25) is 0 Å². The lowest BCUT2D eigenvalue weighted by molar-refractivity contribution is 0.411. The smallest absolute Gasteiger partial charge is 0.121 e. The van der Waals surface area contributed by atoms with Crippen molar-refractivity contribution in [1.82, 2.24) is 0 Å². The Bertz CT molecular complexity index is 347. The minimum atomic E-state index is 0.432. The van der Waals surface area contributed by atoms with Gasteiger partial charge in [0.05, 0.1) is 15.0 Å². The molecular weight excluding hydrogens is 173 g/mol. The van der Waals surface area contributed by atoms with E-state index in [-0.39, 0.29) is 0 Å². The molecule has 0 aliphatic rings. The number of hydrogen-bond donors (Lipinski definition) is 1. The van der Waals surface area contributed by atoms with Crippen LogP contribution in [0.4, 0.5) is 0 Å². The highest BCUT2D eigenvalue weighted by Crippen LogP contribution is 2.22. The summed E-state index contributed by atoms with van der Waals surface area (Å²) in [5.41, 5.74) is 1.96. The topological polar surface area (TPSA) is 33.1 Å². The van der Waals surface area contributed by atoms with E-state index in [0.717, 1.165) is 16.9 Å². The van der Waals surface area contributed by atoms with Gasteiger partial charge in [0.1, 0.15) is 5.75 Å². The Morgan fingerprint density at radius 3 is 2.86 bits per heavy atom. The summed E-state index contributed by atoms with van der Waals surface area (Å²) in [6, 6.07) is 5.73. The first-order valence-corrected chi connectivity index (χ1v) is 4.36. The number of methoxy groups -OCH3 is 1. The van der Waals surface area contributed by atoms with Gasteiger partial charge in [0.15, 0.2) is 0 Å². The summed E-state index contributed by atoms with van der Waals surface area (Å²) < 4.78 is 5.19. The summed E-state index contributed by atoms with van der Waals surface area (Å²) in [5.74, 6) is 0.791. The molecule has 0 atom stereocenters. The molecule has 0 aliphatic heterocycles. The molecule has 0 aromatic heterocycles. The lowest BCUT2D eigenvalue weighted by Gasteiger charge is -2.09. The Hall–Kier alpha value is -1.51. The zero-order valence-electron chi connectivity index (χ0n) is 8.16. The van der Waals surface area contributed by atoms with Gasteiger partial charge in [-0.2, -0.15) is 0 Å². The second-order valence-electron chi connectivity index (χ2n) is 2.76. The van der Waals surface area contributed by atoms with Gasteiger partial charge in [0.25, 0.3) is 0 Å². The summed E-state index contributed by atoms with van der Waals surface area (Å²) in [5, 5.41) is 6.90. The van der Waals surface area contributed by atoms with Crippen LogP contribution in [0, 0.1) is 5.41 Å². The fourth-order valence-electron chi connectivity index (χ4n) is 1.30. The second-order valence-corrected chi connectivity index (χ2v) is 2.76. The molecule has 14 heavy (non-hydrogen) atoms. The summed E-state index contributed by atoms with van der Waals surface area (Å²) in [4.78, 5) is 0. The zero-order chi connectivity index (χ0) is 10.4. The van der Waals surface area contributed by atoms with Gasteiger partial charge in [0.2, 0.25) is 0 Å². The molecular formula is C11H12BNO. The molecule has 1 N–H and O–H groups in total. The van der Waals surface area contributed by atoms with Crippen LogP contribution in [-0.4, -0.2) is 21.2 Å². The Morgan fingerprint density at radius 1 is 1.50 bits per heavy atom. The molecule has 0 amide bonds. The van der Waals surface area contributed by atoms with Crippen LogP contribution >= 0.6 is 0 Å². The molecule has 70 valence electrons. The second kappa shape index (κ2) is 5.27. The third-order valence-corrected chi connectivity index (χ3v) is 1.97. The number of rotatable bonds is 4. The molecule has 2 radical (unpaired) electrons. The largest absolute Gasteiger partial charge is 0.496 e. The molecule has 1 rings (SSSR count). The van der Waals surface area contributed by atoms with E-state index in [0.29, 0.717) is 6.32 Å². The molecule has 0 saturated carbocycles. The molecule has 0 unspecified atom stereocenters. The standard InChI is InChI=1S/C11H12BNO/c1-14-11-6-2-4-9(5-3-7-13)10(11)8-12/h2-7,13H,8H2,1H3/b5-3-,13-7?. The van der Waals surface area contributed by atoms with Crippen molar-refractivity contribution in [1.29, 1.82) is 5.41 Å². The number of ether oxygens (including phenoxy) is 1. The van der Waals surface area contributed by atoms with E-state index in [1.54, 1.807) is 13.2 Å². The monoisotopic (exact) mass is 185 g/mol. The maximum absolute atomic E-state index is 6.90. The average Bonchev–Trinajstić information content (AvgIpc) is 2.25. The van der Waals surface area contributed by atoms with E-state index in [4.69, 9.17) is 18.0 Å². The number of nitrogens with one attached hydrogen (secondary N) is 1. The van der Waals surface area contributed by atoms with Crippen molar-refractivity contribution < 1.29 is 4.74 Å². The van der Waals surface area contributed by atoms with Gasteiger partial charge in [-0.25, -0.2) is 0 Å². The van der Waals surface area contributed by atoms with Gasteiger partial charge in [-0.15, -0.1) is 0 Å². The van der Waals surface area contributed by atoms with Gasteiger partial charge in [-0.3, -0.25) is 0 Å². The molecule has 1 aromatic rings. The van der Waals surface area contributed by atoms with Crippen molar-refractivity contribution in [3.8, 4) is 5.75 Å². The highest BCUT2D eigenvalue weighted by atomic mass is 16.5. The molecule has 0 heterocycles. The van der Waals surface area contributed by atoms with Gasteiger partial charge < -0.3 is 10.1 Å². The Kier molecular flexibility index (Phi) is 3.98. The third-order valence-electron chi connectivity index (χ3n) is 1.97. The summed E-state index contributed by atoms with van der Waals surface area (Å²) in [6.07, 6.45) is 5.17. The highest BCUT2D eigenvalue weighted by molar-refractivity contribution is 6.09. The SMILES string of the molecule is [B]Cc1c(/C=C\C=N)cccc1OC. The van der Waals surface area contributed by atoms with Gasteiger partial charge in [-0.1, -0.05) is 24.5 Å². The predicted octanol–water partition coefficient (Wildman–Crippen LogP) is 2.03. The molecule has 2 nitrogen and oxygen atoms in total. The van der Waals surface area contributed by atoms with E-state index in [1.165, 1.54) is 6.21 Å². The molecule has 0 spiro atoms. The normalized spacial score (nSPS) is 10.4. The fourth-order valence-corrected chi connectivity index (χ4v) is 1.30. The van der Waals surface area contributed by atoms with Gasteiger partial charge >= 0.3 is 0 Å². The van der Waals surface area contributed by atoms with Crippen molar-refractivity contribution in [2.75, 3.05) is 7.11 Å². The maximum Gasteiger partial charge on any atom is 0.121 e. The van der Waals surface area contributed by atoms with Crippen LogP contribution < -0.4 is 4.74 Å². The maximum atomic E-state index is 6.90. The van der Waals surface area contributed by atoms with Crippen LogP contribution in [-0.2, 0) is 6.32 Å². The first-order valence-electron chi connectivity index (χ1n) is 4.36. The van der Waals surface area contributed by atoms with Crippen molar-refractivity contribution in [3.63, 3.8) is 0 Å². The van der Waals surface area contributed by atoms with Gasteiger partial charge in [-0.05, 0) is 23.3 Å². The average molecular weight is 185 g/mol. The fraction of sp³-hybridized carbons (Fsp3) is 0.182. The Labute approximate surface area is 85.5 Å². The summed E-state index contributed by atoms with van der Waals surface area (Å²) in [7, 11) is 7.25. The Morgan fingerprint density at radius 2 is 2.29 bits per heavy atom. The molecule has 0 fully saturated rings. The van der Waals surface area contributed by atoms with E-state index < -0.39 is 0 Å². The molecule has 3 heteroatoms. The van der Waals surface area contributed by atoms with Crippen molar-refractivity contribution in [2.45, 2.75) is 6.32 Å². The Balaban J connectivity index is 3.14. The van der Waals surface area contributed by atoms with Crippen molar-refractivity contribution in [3.05, 3.63) is 35.4 Å². The van der Waals surface area contributed by atoms with Crippen LogP contribution in [0.1, 0.15) is 11.1 Å². The molecule has 0 bridgehead atoms. The lowest BCUT2D eigenvalue weighted by atomic mass is 9.92. The highest BCUT2D eigenvalue weighted by Gasteiger charge is 2.03. The van der Waals surface area contributed by atoms with Crippen LogP contribution in [0.25, 0.3) is 6.08 Å². The van der Waals surface area contributed by atoms with Crippen molar-refractivity contribution in [2.24, 2.45) is 0 Å². The minimum absolute atomic E-state index is 0.432. The van der Waals surface area contributed by atoms with E-state index in [1.807, 2.05) is 24.3 Å². The molecule has 1 aromatic carbocycles. The summed E-state index contributed by atoms with van der Waals surface area (Å²) in [6.45, 7) is 0. The first kappa shape index (κ1) is 10.6. The van der Waals surface area contributed by atoms with Crippen LogP contribution in [0.15, 0.2) is 24.3 Å². The molecule has 0 aliphatic carbocycles. The predicted molar refractivity (Wildman–Crippen MR) is 60.3 cm³/mol.